The molecule has 14 rings (SSSR count). The molecule has 0 radical (unpaired) electrons. The van der Waals surface area contributed by atoms with Crippen LogP contribution in [-0.4, -0.2) is 70.4 Å². The molecule has 466 valence electrons. The highest BCUT2D eigenvalue weighted by atomic mass is 16.6. The minimum atomic E-state index is -0.631. The first-order valence-electron chi connectivity index (χ1n) is 31.3. The molecule has 6 atom stereocenters. The molecule has 0 spiro atoms. The van der Waals surface area contributed by atoms with E-state index in [1.807, 2.05) is 131 Å². The largest absolute Gasteiger partial charge is 0.458 e. The van der Waals surface area contributed by atoms with Gasteiger partial charge >= 0.3 is 35.8 Å². The minimum Gasteiger partial charge on any atom is -0.458 e. The topological polar surface area (TPSA) is 158 Å². The minimum absolute atomic E-state index is 0.0958. The Labute approximate surface area is 532 Å². The van der Waals surface area contributed by atoms with Crippen LogP contribution in [0, 0.1) is 23.7 Å². The maximum atomic E-state index is 13.3. The van der Waals surface area contributed by atoms with Crippen molar-refractivity contribution in [2.45, 2.75) is 134 Å². The fourth-order valence-corrected chi connectivity index (χ4v) is 14.7. The highest BCUT2D eigenvalue weighted by molar-refractivity contribution is 6.06. The summed E-state index contributed by atoms with van der Waals surface area (Å²) in [6.45, 7) is 26.0. The van der Waals surface area contributed by atoms with Crippen LogP contribution in [0.25, 0.3) is 22.9 Å². The normalized spacial score (nSPS) is 21.8. The zero-order chi connectivity index (χ0) is 64.6. The lowest BCUT2D eigenvalue weighted by molar-refractivity contribution is -0.172. The molecule has 0 aromatic heterocycles. The van der Waals surface area contributed by atoms with Gasteiger partial charge in [0.2, 0.25) is 0 Å². The number of ether oxygens (including phenoxy) is 6. The van der Waals surface area contributed by atoms with Crippen molar-refractivity contribution >= 4 is 58.7 Å². The molecular formula is C79H78O12. The van der Waals surface area contributed by atoms with E-state index in [-0.39, 0.29) is 47.3 Å². The third-order valence-corrected chi connectivity index (χ3v) is 18.9. The lowest BCUT2D eigenvalue weighted by Crippen LogP contribution is -2.46. The number of carbonyl (C=O) groups excluding carboxylic acids is 6. The van der Waals surface area contributed by atoms with Crippen molar-refractivity contribution in [3.8, 4) is 0 Å². The van der Waals surface area contributed by atoms with Crippen molar-refractivity contribution < 1.29 is 57.2 Å². The van der Waals surface area contributed by atoms with E-state index in [1.165, 1.54) is 44.5 Å². The van der Waals surface area contributed by atoms with Crippen molar-refractivity contribution in [3.63, 3.8) is 0 Å². The smallest absolute Gasteiger partial charge is 0.339 e. The summed E-state index contributed by atoms with van der Waals surface area (Å²) in [4.78, 5) is 74.6. The second kappa shape index (κ2) is 25.5. The Morgan fingerprint density at radius 2 is 0.890 bits per heavy atom. The molecule has 6 unspecified atom stereocenters. The number of esters is 6. The van der Waals surface area contributed by atoms with Crippen LogP contribution < -0.4 is 0 Å². The Bertz CT molecular complexity index is 3970. The maximum absolute atomic E-state index is 13.3. The SMILES string of the molecule is C=C(C)C(=O)OC1(C)Cc2ccccc2C1.C=C(C)C(=O)OC1C2CC3C1OC(=O)C3C2C(=O)OC1(C)Cc2ccccc2C1.C=Cc1ccc(C(=O)OC2(C)Cc3ccccc3C2)cc1.C=Cc1cccc2c(C(=O)OC3(C)Cc4ccccc4C3)cccc12. The van der Waals surface area contributed by atoms with E-state index in [9.17, 15) is 28.8 Å². The standard InChI is InChI=1S/C23H24O6.C23H20O2.C19H18O2.C14H16O2/c1-11(2)20(24)27-18-15-8-14-16(21(25)28-19(14)18)17(15)22(26)29-23(3)9-12-6-4-5-7-13(12)10-23;1-3-16-10-6-12-20-19(16)11-7-13-21(20)22(24)25-23(2)14-17-8-4-5-9-18(17)15-23;1-3-14-8-10-15(11-9-14)18(20)21-19(2)12-16-6-4-5-7-17(16)13-19;1-10(2)13(15)16-14(3)8-11-6-4-5-7-12(11)9-14/h4-7,14-19H,1,8-10H2,2-3H3;3-13H,1,14-15H2,2H3;3-11H,1,12-13H2,2H3;4-7H,1,8-9H2,2-3H3. The Kier molecular flexibility index (Phi) is 17.7. The van der Waals surface area contributed by atoms with Gasteiger partial charge in [0.1, 0.15) is 34.6 Å². The molecule has 1 saturated heterocycles. The van der Waals surface area contributed by atoms with Crippen molar-refractivity contribution in [1.82, 2.24) is 0 Å². The van der Waals surface area contributed by atoms with E-state index in [2.05, 4.69) is 74.8 Å². The van der Waals surface area contributed by atoms with Gasteiger partial charge in [-0.15, -0.1) is 0 Å². The van der Waals surface area contributed by atoms with Crippen molar-refractivity contribution in [2.24, 2.45) is 23.7 Å². The number of fused-ring (bicyclic) bond motifs is 6. The van der Waals surface area contributed by atoms with Crippen LogP contribution in [0.5, 0.6) is 0 Å². The van der Waals surface area contributed by atoms with Crippen LogP contribution in [0.3, 0.4) is 0 Å². The first-order valence-corrected chi connectivity index (χ1v) is 31.3. The molecule has 12 nitrogen and oxygen atoms in total. The van der Waals surface area contributed by atoms with E-state index >= 15 is 0 Å². The Hall–Kier alpha value is -9.42. The molecule has 7 aliphatic rings. The Morgan fingerprint density at radius 1 is 0.473 bits per heavy atom. The summed E-state index contributed by atoms with van der Waals surface area (Å²) in [6, 6.07) is 51.8. The lowest BCUT2D eigenvalue weighted by Gasteiger charge is -2.33. The van der Waals surface area contributed by atoms with Gasteiger partial charge in [0, 0.05) is 74.3 Å². The fourth-order valence-electron chi connectivity index (χ4n) is 14.7. The second-order valence-corrected chi connectivity index (χ2v) is 26.6. The molecule has 1 heterocycles. The van der Waals surface area contributed by atoms with Crippen molar-refractivity contribution in [2.75, 3.05) is 0 Å². The number of benzene rings is 7. The van der Waals surface area contributed by atoms with Crippen LogP contribution in [0.15, 0.2) is 195 Å². The van der Waals surface area contributed by atoms with Gasteiger partial charge in [0.25, 0.3) is 0 Å². The van der Waals surface area contributed by atoms with Crippen LogP contribution >= 0.6 is 0 Å². The van der Waals surface area contributed by atoms with E-state index in [0.29, 0.717) is 36.0 Å². The van der Waals surface area contributed by atoms with Gasteiger partial charge in [-0.3, -0.25) is 9.59 Å². The molecule has 7 aromatic carbocycles. The molecule has 0 N–H and O–H groups in total. The molecule has 6 aliphatic carbocycles. The summed E-state index contributed by atoms with van der Waals surface area (Å²) in [5.41, 5.74) is 12.0. The average Bonchev–Trinajstić information content (AvgIpc) is 1.55. The van der Waals surface area contributed by atoms with Gasteiger partial charge in [-0.05, 0) is 133 Å². The summed E-state index contributed by atoms with van der Waals surface area (Å²) in [5, 5.41) is 1.93. The quantitative estimate of drug-likeness (QED) is 0.0649. The van der Waals surface area contributed by atoms with E-state index in [1.54, 1.807) is 32.1 Å². The first kappa shape index (κ1) is 63.2. The van der Waals surface area contributed by atoms with E-state index < -0.39 is 52.4 Å². The highest BCUT2D eigenvalue weighted by Crippen LogP contribution is 2.59. The average molecular weight is 1220 g/mol. The van der Waals surface area contributed by atoms with E-state index in [0.717, 1.165) is 60.4 Å². The van der Waals surface area contributed by atoms with Crippen molar-refractivity contribution in [1.29, 1.82) is 0 Å². The summed E-state index contributed by atoms with van der Waals surface area (Å²) in [7, 11) is 0. The number of rotatable bonds is 12. The van der Waals surface area contributed by atoms with Crippen molar-refractivity contribution in [3.05, 3.63) is 262 Å². The molecule has 12 heteroatoms. The van der Waals surface area contributed by atoms with Crippen LogP contribution in [0.2, 0.25) is 0 Å². The highest BCUT2D eigenvalue weighted by Gasteiger charge is 2.70. The fraction of sp³-hybridized carbons (Fsp3) is 0.316. The van der Waals surface area contributed by atoms with Crippen LogP contribution in [-0.2, 0) is 99.0 Å². The third kappa shape index (κ3) is 13.4. The monoisotopic (exact) mass is 1220 g/mol. The number of carbonyl (C=O) groups is 6. The third-order valence-electron chi connectivity index (χ3n) is 18.9. The van der Waals surface area contributed by atoms with Gasteiger partial charge in [0.05, 0.1) is 23.0 Å². The van der Waals surface area contributed by atoms with Gasteiger partial charge in [-0.1, -0.05) is 178 Å². The van der Waals surface area contributed by atoms with Gasteiger partial charge in [-0.25, -0.2) is 19.2 Å². The van der Waals surface area contributed by atoms with Gasteiger partial charge in [0.15, 0.2) is 0 Å². The summed E-state index contributed by atoms with van der Waals surface area (Å²) in [6.07, 6.45) is 9.10. The van der Waals surface area contributed by atoms with Crippen LogP contribution in [0.4, 0.5) is 0 Å². The summed E-state index contributed by atoms with van der Waals surface area (Å²) < 4.78 is 34.4. The molecule has 0 amide bonds. The molecule has 2 saturated carbocycles. The molecular weight excluding hydrogens is 1140 g/mol. The predicted molar refractivity (Wildman–Crippen MR) is 351 cm³/mol. The van der Waals surface area contributed by atoms with Gasteiger partial charge < -0.3 is 28.4 Å². The molecule has 91 heavy (non-hydrogen) atoms. The number of hydrogen-bond donors (Lipinski definition) is 0. The Balaban J connectivity index is 0.000000127. The zero-order valence-electron chi connectivity index (χ0n) is 52.7. The first-order chi connectivity index (χ1) is 43.5. The lowest BCUT2D eigenvalue weighted by atomic mass is 9.78. The Morgan fingerprint density at radius 3 is 1.33 bits per heavy atom. The second-order valence-electron chi connectivity index (χ2n) is 26.6. The molecule has 2 bridgehead atoms. The van der Waals surface area contributed by atoms with Gasteiger partial charge in [-0.2, -0.15) is 0 Å². The maximum Gasteiger partial charge on any atom is 0.339 e. The predicted octanol–water partition coefficient (Wildman–Crippen LogP) is 14.3. The summed E-state index contributed by atoms with van der Waals surface area (Å²) >= 11 is 0. The molecule has 1 aliphatic heterocycles. The number of hydrogen-bond acceptors (Lipinski definition) is 12. The molecule has 7 aromatic rings. The molecule has 3 fully saturated rings. The van der Waals surface area contributed by atoms with Crippen LogP contribution in [0.1, 0.15) is 124 Å². The van der Waals surface area contributed by atoms with E-state index in [4.69, 9.17) is 28.4 Å². The summed E-state index contributed by atoms with van der Waals surface area (Å²) in [5.74, 6) is -3.58. The zero-order valence-corrected chi connectivity index (χ0v) is 52.7.